The molecule has 0 aliphatic heterocycles. The predicted octanol–water partition coefficient (Wildman–Crippen LogP) is 3.50. The Morgan fingerprint density at radius 3 is 2.69 bits per heavy atom. The van der Waals surface area contributed by atoms with E-state index in [1.807, 2.05) is 39.0 Å². The molecule has 0 saturated carbocycles. The van der Waals surface area contributed by atoms with E-state index in [2.05, 4.69) is 43.8 Å². The van der Waals surface area contributed by atoms with Crippen LogP contribution in [-0.4, -0.2) is 16.8 Å². The molecule has 1 N–H and O–H groups in total. The first-order valence-corrected chi connectivity index (χ1v) is 7.21. The number of halogens is 2. The summed E-state index contributed by atoms with van der Waals surface area (Å²) in [5.74, 6) is -0.0162. The van der Waals surface area contributed by atoms with Crippen LogP contribution < -0.4 is 5.32 Å². The van der Waals surface area contributed by atoms with Gasteiger partial charge in [-0.25, -0.2) is 0 Å². The SMILES string of the molecule is Cc1cccc(C(=O)NC(C)(C)CBr)c1I. The fraction of sp³-hybridized carbons (Fsp3) is 0.417. The normalized spacial score (nSPS) is 11.3. The number of nitrogens with one attached hydrogen (secondary N) is 1. The Labute approximate surface area is 118 Å². The number of carbonyl (C=O) groups excluding carboxylic acids is 1. The van der Waals surface area contributed by atoms with Gasteiger partial charge in [0.2, 0.25) is 0 Å². The first kappa shape index (κ1) is 14.0. The quantitative estimate of drug-likeness (QED) is 0.615. The monoisotopic (exact) mass is 395 g/mol. The van der Waals surface area contributed by atoms with Gasteiger partial charge >= 0.3 is 0 Å². The van der Waals surface area contributed by atoms with Crippen LogP contribution >= 0.6 is 38.5 Å². The van der Waals surface area contributed by atoms with Crippen LogP contribution in [0.2, 0.25) is 0 Å². The van der Waals surface area contributed by atoms with Crippen LogP contribution in [0.4, 0.5) is 0 Å². The molecule has 0 aliphatic rings. The zero-order valence-corrected chi connectivity index (χ0v) is 13.3. The van der Waals surface area contributed by atoms with Crippen molar-refractivity contribution in [2.45, 2.75) is 26.3 Å². The molecular weight excluding hydrogens is 381 g/mol. The molecule has 0 unspecified atom stereocenters. The van der Waals surface area contributed by atoms with Crippen molar-refractivity contribution < 1.29 is 4.79 Å². The molecule has 2 nitrogen and oxygen atoms in total. The van der Waals surface area contributed by atoms with Crippen molar-refractivity contribution in [1.82, 2.24) is 5.32 Å². The summed E-state index contributed by atoms with van der Waals surface area (Å²) < 4.78 is 1.02. The number of carbonyl (C=O) groups is 1. The molecule has 0 radical (unpaired) electrons. The van der Waals surface area contributed by atoms with Gasteiger partial charge in [0.1, 0.15) is 0 Å². The highest BCUT2D eigenvalue weighted by molar-refractivity contribution is 14.1. The summed E-state index contributed by atoms with van der Waals surface area (Å²) in [6, 6.07) is 5.77. The van der Waals surface area contributed by atoms with Gasteiger partial charge in [-0.05, 0) is 55.0 Å². The van der Waals surface area contributed by atoms with Crippen molar-refractivity contribution in [3.63, 3.8) is 0 Å². The van der Waals surface area contributed by atoms with E-state index in [0.717, 1.165) is 20.0 Å². The molecule has 88 valence electrons. The maximum absolute atomic E-state index is 12.1. The van der Waals surface area contributed by atoms with Gasteiger partial charge in [-0.15, -0.1) is 0 Å². The highest BCUT2D eigenvalue weighted by atomic mass is 127. The summed E-state index contributed by atoms with van der Waals surface area (Å²) in [7, 11) is 0. The minimum absolute atomic E-state index is 0.0162. The van der Waals surface area contributed by atoms with Crippen molar-refractivity contribution in [2.75, 3.05) is 5.33 Å². The number of hydrogen-bond donors (Lipinski definition) is 1. The smallest absolute Gasteiger partial charge is 0.252 e. The Balaban J connectivity index is 2.94. The van der Waals surface area contributed by atoms with Gasteiger partial charge in [0, 0.05) is 14.4 Å². The largest absolute Gasteiger partial charge is 0.346 e. The van der Waals surface area contributed by atoms with Gasteiger partial charge in [0.05, 0.1) is 5.56 Å². The third-order valence-electron chi connectivity index (χ3n) is 2.22. The van der Waals surface area contributed by atoms with Crippen LogP contribution in [0.15, 0.2) is 18.2 Å². The van der Waals surface area contributed by atoms with E-state index in [1.165, 1.54) is 0 Å². The molecule has 0 spiro atoms. The summed E-state index contributed by atoms with van der Waals surface area (Å²) in [5.41, 5.74) is 1.64. The van der Waals surface area contributed by atoms with Crippen LogP contribution in [0.5, 0.6) is 0 Å². The molecule has 4 heteroatoms. The summed E-state index contributed by atoms with van der Waals surface area (Å²) in [5, 5.41) is 3.73. The van der Waals surface area contributed by atoms with Gasteiger partial charge in [-0.1, -0.05) is 28.1 Å². The Morgan fingerprint density at radius 1 is 1.50 bits per heavy atom. The highest BCUT2D eigenvalue weighted by Crippen LogP contribution is 2.17. The summed E-state index contributed by atoms with van der Waals surface area (Å²) in [6.07, 6.45) is 0. The second-order valence-electron chi connectivity index (χ2n) is 4.41. The van der Waals surface area contributed by atoms with Gasteiger partial charge in [0.15, 0.2) is 0 Å². The standard InChI is InChI=1S/C12H15BrINO/c1-8-5-4-6-9(10(8)14)11(16)15-12(2,3)7-13/h4-6H,7H2,1-3H3,(H,15,16). The highest BCUT2D eigenvalue weighted by Gasteiger charge is 2.21. The minimum atomic E-state index is -0.232. The fourth-order valence-corrected chi connectivity index (χ4v) is 1.98. The molecule has 0 bridgehead atoms. The topological polar surface area (TPSA) is 29.1 Å². The number of benzene rings is 1. The lowest BCUT2D eigenvalue weighted by atomic mass is 10.1. The Bertz CT molecular complexity index is 404. The maximum Gasteiger partial charge on any atom is 0.252 e. The molecule has 0 aromatic heterocycles. The molecule has 0 saturated heterocycles. The van der Waals surface area contributed by atoms with E-state index in [1.54, 1.807) is 0 Å². The van der Waals surface area contributed by atoms with Gasteiger partial charge < -0.3 is 5.32 Å². The second-order valence-corrected chi connectivity index (χ2v) is 6.05. The summed E-state index contributed by atoms with van der Waals surface area (Å²) in [6.45, 7) is 5.98. The van der Waals surface area contributed by atoms with Gasteiger partial charge in [-0.2, -0.15) is 0 Å². The van der Waals surface area contributed by atoms with Gasteiger partial charge in [-0.3, -0.25) is 4.79 Å². The molecule has 1 aromatic rings. The second kappa shape index (κ2) is 5.49. The van der Waals surface area contributed by atoms with E-state index in [4.69, 9.17) is 0 Å². The molecular formula is C12H15BrINO. The van der Waals surface area contributed by atoms with Crippen LogP contribution in [0.1, 0.15) is 29.8 Å². The number of amides is 1. The lowest BCUT2D eigenvalue weighted by molar-refractivity contribution is 0.0920. The Kier molecular flexibility index (Phi) is 4.79. The minimum Gasteiger partial charge on any atom is -0.346 e. The average molecular weight is 396 g/mol. The molecule has 0 fully saturated rings. The molecule has 1 amide bonds. The van der Waals surface area contributed by atoms with E-state index >= 15 is 0 Å². The van der Waals surface area contributed by atoms with Gasteiger partial charge in [0.25, 0.3) is 5.91 Å². The van der Waals surface area contributed by atoms with E-state index in [-0.39, 0.29) is 11.4 Å². The van der Waals surface area contributed by atoms with Crippen molar-refractivity contribution in [3.8, 4) is 0 Å². The third kappa shape index (κ3) is 3.45. The zero-order chi connectivity index (χ0) is 12.3. The molecule has 1 rings (SSSR count). The van der Waals surface area contributed by atoms with Crippen LogP contribution in [0.25, 0.3) is 0 Å². The first-order chi connectivity index (χ1) is 7.37. The number of hydrogen-bond acceptors (Lipinski definition) is 1. The zero-order valence-electron chi connectivity index (χ0n) is 9.60. The Morgan fingerprint density at radius 2 is 2.12 bits per heavy atom. The van der Waals surface area contributed by atoms with Crippen molar-refractivity contribution in [1.29, 1.82) is 0 Å². The summed E-state index contributed by atoms with van der Waals surface area (Å²) in [4.78, 5) is 12.1. The van der Waals surface area contributed by atoms with E-state index in [0.29, 0.717) is 0 Å². The molecule has 16 heavy (non-hydrogen) atoms. The lowest BCUT2D eigenvalue weighted by Crippen LogP contribution is -2.45. The average Bonchev–Trinajstić information content (AvgIpc) is 2.21. The molecule has 0 aliphatic carbocycles. The molecule has 1 aromatic carbocycles. The fourth-order valence-electron chi connectivity index (χ4n) is 1.23. The third-order valence-corrected chi connectivity index (χ3v) is 5.06. The van der Waals surface area contributed by atoms with Crippen molar-refractivity contribution in [3.05, 3.63) is 32.9 Å². The first-order valence-electron chi connectivity index (χ1n) is 5.01. The predicted molar refractivity (Wildman–Crippen MR) is 79.2 cm³/mol. The van der Waals surface area contributed by atoms with E-state index < -0.39 is 0 Å². The number of rotatable bonds is 3. The van der Waals surface area contributed by atoms with Crippen molar-refractivity contribution >= 4 is 44.4 Å². The molecule has 0 atom stereocenters. The van der Waals surface area contributed by atoms with Crippen LogP contribution in [0, 0.1) is 10.5 Å². The van der Waals surface area contributed by atoms with Crippen LogP contribution in [-0.2, 0) is 0 Å². The maximum atomic E-state index is 12.1. The Hall–Kier alpha value is -0.100. The molecule has 0 heterocycles. The van der Waals surface area contributed by atoms with E-state index in [9.17, 15) is 4.79 Å². The number of alkyl halides is 1. The summed E-state index contributed by atoms with van der Waals surface area (Å²) >= 11 is 5.60. The van der Waals surface area contributed by atoms with Crippen LogP contribution in [0.3, 0.4) is 0 Å². The van der Waals surface area contributed by atoms with Crippen molar-refractivity contribution in [2.24, 2.45) is 0 Å². The number of aryl methyl sites for hydroxylation is 1. The lowest BCUT2D eigenvalue weighted by Gasteiger charge is -2.24.